The highest BCUT2D eigenvalue weighted by atomic mass is 35.5. The van der Waals surface area contributed by atoms with Crippen molar-refractivity contribution in [3.63, 3.8) is 0 Å². The SMILES string of the molecule is CCC(CC)n1c(CCCl)nc2ccc(C)nc21. The van der Waals surface area contributed by atoms with E-state index in [2.05, 4.69) is 28.4 Å². The Kier molecular flexibility index (Phi) is 4.23. The monoisotopic (exact) mass is 265 g/mol. The summed E-state index contributed by atoms with van der Waals surface area (Å²) in [5, 5.41) is 0. The first-order valence-electron chi connectivity index (χ1n) is 6.61. The number of nitrogens with zero attached hydrogens (tertiary/aromatic N) is 3. The van der Waals surface area contributed by atoms with Gasteiger partial charge in [0.25, 0.3) is 0 Å². The number of pyridine rings is 1. The number of alkyl halides is 1. The van der Waals surface area contributed by atoms with Crippen molar-refractivity contribution in [3.8, 4) is 0 Å². The van der Waals surface area contributed by atoms with Crippen LogP contribution in [0.25, 0.3) is 11.2 Å². The van der Waals surface area contributed by atoms with Gasteiger partial charge in [0.05, 0.1) is 0 Å². The number of fused-ring (bicyclic) bond motifs is 1. The normalized spacial score (nSPS) is 11.6. The average Bonchev–Trinajstić information content (AvgIpc) is 2.70. The van der Waals surface area contributed by atoms with E-state index < -0.39 is 0 Å². The molecule has 3 nitrogen and oxygen atoms in total. The van der Waals surface area contributed by atoms with Crippen LogP contribution in [-0.2, 0) is 6.42 Å². The van der Waals surface area contributed by atoms with Crippen molar-refractivity contribution < 1.29 is 0 Å². The highest BCUT2D eigenvalue weighted by Crippen LogP contribution is 2.25. The summed E-state index contributed by atoms with van der Waals surface area (Å²) in [6.45, 7) is 6.44. The minimum Gasteiger partial charge on any atom is -0.310 e. The summed E-state index contributed by atoms with van der Waals surface area (Å²) in [7, 11) is 0. The van der Waals surface area contributed by atoms with E-state index in [0.29, 0.717) is 11.9 Å². The van der Waals surface area contributed by atoms with Crippen LogP contribution in [-0.4, -0.2) is 20.4 Å². The Morgan fingerprint density at radius 1 is 1.22 bits per heavy atom. The van der Waals surface area contributed by atoms with Gasteiger partial charge >= 0.3 is 0 Å². The van der Waals surface area contributed by atoms with Crippen molar-refractivity contribution >= 4 is 22.8 Å². The second-order valence-electron chi connectivity index (χ2n) is 4.60. The van der Waals surface area contributed by atoms with Gasteiger partial charge in [-0.25, -0.2) is 9.97 Å². The molecule has 0 saturated heterocycles. The van der Waals surface area contributed by atoms with Gasteiger partial charge in [0.2, 0.25) is 0 Å². The first-order valence-corrected chi connectivity index (χ1v) is 7.15. The first kappa shape index (κ1) is 13.3. The Morgan fingerprint density at radius 3 is 2.56 bits per heavy atom. The number of aryl methyl sites for hydroxylation is 2. The molecule has 2 heterocycles. The molecule has 0 atom stereocenters. The molecule has 2 aromatic heterocycles. The molecule has 0 fully saturated rings. The van der Waals surface area contributed by atoms with Gasteiger partial charge in [0.1, 0.15) is 11.3 Å². The fourth-order valence-electron chi connectivity index (χ4n) is 2.41. The Balaban J connectivity index is 2.63. The second-order valence-corrected chi connectivity index (χ2v) is 4.98. The third-order valence-corrected chi connectivity index (χ3v) is 3.56. The molecule has 0 radical (unpaired) electrons. The lowest BCUT2D eigenvalue weighted by atomic mass is 10.1. The molecule has 0 spiro atoms. The van der Waals surface area contributed by atoms with Crippen LogP contribution in [0.2, 0.25) is 0 Å². The summed E-state index contributed by atoms with van der Waals surface area (Å²) >= 11 is 5.88. The van der Waals surface area contributed by atoms with Gasteiger partial charge in [-0.1, -0.05) is 13.8 Å². The molecular formula is C14H20ClN3. The van der Waals surface area contributed by atoms with Crippen molar-refractivity contribution in [1.82, 2.24) is 14.5 Å². The first-order chi connectivity index (χ1) is 8.71. The van der Waals surface area contributed by atoms with Crippen LogP contribution >= 0.6 is 11.6 Å². The van der Waals surface area contributed by atoms with E-state index in [1.807, 2.05) is 19.1 Å². The van der Waals surface area contributed by atoms with E-state index in [0.717, 1.165) is 41.9 Å². The molecule has 4 heteroatoms. The van der Waals surface area contributed by atoms with Crippen LogP contribution in [0.1, 0.15) is 44.2 Å². The molecule has 0 unspecified atom stereocenters. The number of halogens is 1. The van der Waals surface area contributed by atoms with E-state index in [1.54, 1.807) is 0 Å². The summed E-state index contributed by atoms with van der Waals surface area (Å²) in [5.74, 6) is 1.66. The maximum absolute atomic E-state index is 5.88. The zero-order chi connectivity index (χ0) is 13.1. The summed E-state index contributed by atoms with van der Waals surface area (Å²) in [4.78, 5) is 9.33. The Morgan fingerprint density at radius 2 is 1.94 bits per heavy atom. The Hall–Kier alpha value is -1.09. The largest absolute Gasteiger partial charge is 0.310 e. The van der Waals surface area contributed by atoms with Crippen LogP contribution in [0.15, 0.2) is 12.1 Å². The zero-order valence-electron chi connectivity index (χ0n) is 11.3. The number of aromatic nitrogens is 3. The van der Waals surface area contributed by atoms with Gasteiger partial charge in [0, 0.05) is 24.0 Å². The van der Waals surface area contributed by atoms with Crippen LogP contribution in [0, 0.1) is 6.92 Å². The van der Waals surface area contributed by atoms with Crippen molar-refractivity contribution in [2.45, 2.75) is 46.1 Å². The van der Waals surface area contributed by atoms with Crippen LogP contribution in [0.3, 0.4) is 0 Å². The highest BCUT2D eigenvalue weighted by molar-refractivity contribution is 6.17. The molecular weight excluding hydrogens is 246 g/mol. The molecule has 98 valence electrons. The quantitative estimate of drug-likeness (QED) is 0.768. The van der Waals surface area contributed by atoms with E-state index in [4.69, 9.17) is 11.6 Å². The third kappa shape index (κ3) is 2.37. The molecule has 0 bridgehead atoms. The molecule has 18 heavy (non-hydrogen) atoms. The molecule has 0 N–H and O–H groups in total. The predicted molar refractivity (Wildman–Crippen MR) is 76.3 cm³/mol. The number of hydrogen-bond donors (Lipinski definition) is 0. The molecule has 0 aliphatic heterocycles. The topological polar surface area (TPSA) is 30.7 Å². The van der Waals surface area contributed by atoms with Gasteiger partial charge in [-0.2, -0.15) is 0 Å². The van der Waals surface area contributed by atoms with Crippen LogP contribution < -0.4 is 0 Å². The molecule has 0 aliphatic rings. The lowest BCUT2D eigenvalue weighted by Crippen LogP contribution is -2.12. The van der Waals surface area contributed by atoms with Gasteiger partial charge in [-0.3, -0.25) is 0 Å². The molecule has 2 rings (SSSR count). The minimum atomic E-state index is 0.461. The van der Waals surface area contributed by atoms with Gasteiger partial charge in [-0.05, 0) is 31.9 Å². The van der Waals surface area contributed by atoms with Crippen LogP contribution in [0.5, 0.6) is 0 Å². The number of imidazole rings is 1. The summed E-state index contributed by atoms with van der Waals surface area (Å²) in [6.07, 6.45) is 2.98. The highest BCUT2D eigenvalue weighted by Gasteiger charge is 2.17. The maximum atomic E-state index is 5.88. The lowest BCUT2D eigenvalue weighted by Gasteiger charge is -2.18. The van der Waals surface area contributed by atoms with E-state index in [-0.39, 0.29) is 0 Å². The summed E-state index contributed by atoms with van der Waals surface area (Å²) < 4.78 is 2.28. The van der Waals surface area contributed by atoms with E-state index in [9.17, 15) is 0 Å². The summed E-state index contributed by atoms with van der Waals surface area (Å²) in [5.41, 5.74) is 3.02. The van der Waals surface area contributed by atoms with Crippen molar-refractivity contribution in [2.24, 2.45) is 0 Å². The second kappa shape index (κ2) is 5.70. The van der Waals surface area contributed by atoms with E-state index in [1.165, 1.54) is 0 Å². The third-order valence-electron chi connectivity index (χ3n) is 3.38. The zero-order valence-corrected chi connectivity index (χ0v) is 12.0. The smallest absolute Gasteiger partial charge is 0.160 e. The van der Waals surface area contributed by atoms with E-state index >= 15 is 0 Å². The Bertz CT molecular complexity index is 529. The van der Waals surface area contributed by atoms with Gasteiger partial charge in [0.15, 0.2) is 5.65 Å². The standard InChI is InChI=1S/C14H20ClN3/c1-4-11(5-2)18-13(8-9-15)17-12-7-6-10(3)16-14(12)18/h6-7,11H,4-5,8-9H2,1-3H3. The van der Waals surface area contributed by atoms with Gasteiger partial charge in [-0.15, -0.1) is 11.6 Å². The van der Waals surface area contributed by atoms with Crippen molar-refractivity contribution in [1.29, 1.82) is 0 Å². The molecule has 0 saturated carbocycles. The number of rotatable bonds is 5. The van der Waals surface area contributed by atoms with Crippen LogP contribution in [0.4, 0.5) is 0 Å². The molecule has 2 aromatic rings. The molecule has 0 amide bonds. The molecule has 0 aliphatic carbocycles. The maximum Gasteiger partial charge on any atom is 0.160 e. The summed E-state index contributed by atoms with van der Waals surface area (Å²) in [6, 6.07) is 4.52. The Labute approximate surface area is 113 Å². The van der Waals surface area contributed by atoms with Crippen molar-refractivity contribution in [3.05, 3.63) is 23.7 Å². The lowest BCUT2D eigenvalue weighted by molar-refractivity contribution is 0.466. The average molecular weight is 266 g/mol. The fraction of sp³-hybridized carbons (Fsp3) is 0.571. The van der Waals surface area contributed by atoms with Crippen molar-refractivity contribution in [2.75, 3.05) is 5.88 Å². The predicted octanol–water partition coefficient (Wildman–Crippen LogP) is 3.88. The van der Waals surface area contributed by atoms with Gasteiger partial charge < -0.3 is 4.57 Å². The minimum absolute atomic E-state index is 0.461. The fourth-order valence-corrected chi connectivity index (χ4v) is 2.58. The number of hydrogen-bond acceptors (Lipinski definition) is 2. The molecule has 0 aromatic carbocycles.